The molecule has 0 aromatic heterocycles. The quantitative estimate of drug-likeness (QED) is 0.267. The third-order valence-corrected chi connectivity index (χ3v) is 9.32. The van der Waals surface area contributed by atoms with Crippen molar-refractivity contribution in [3.63, 3.8) is 0 Å². The number of nitrogens with zero attached hydrogens (tertiary/aromatic N) is 2. The van der Waals surface area contributed by atoms with Gasteiger partial charge in [0.25, 0.3) is 5.91 Å². The third-order valence-electron chi connectivity index (χ3n) is 9.32. The van der Waals surface area contributed by atoms with Crippen LogP contribution < -0.4 is 34.3 Å². The Morgan fingerprint density at radius 3 is 2.27 bits per heavy atom. The highest BCUT2D eigenvalue weighted by Gasteiger charge is 2.31. The number of amides is 3. The lowest BCUT2D eigenvalue weighted by Crippen LogP contribution is -2.47. The van der Waals surface area contributed by atoms with E-state index in [4.69, 9.17) is 28.4 Å². The summed E-state index contributed by atoms with van der Waals surface area (Å²) >= 11 is 0. The van der Waals surface area contributed by atoms with Crippen molar-refractivity contribution in [3.8, 4) is 28.7 Å². The highest BCUT2D eigenvalue weighted by Crippen LogP contribution is 2.35. The number of carbonyl (C=O) groups is 2. The van der Waals surface area contributed by atoms with Gasteiger partial charge in [-0.2, -0.15) is 0 Å². The van der Waals surface area contributed by atoms with Gasteiger partial charge in [-0.15, -0.1) is 0 Å². The van der Waals surface area contributed by atoms with Crippen molar-refractivity contribution in [2.75, 3.05) is 57.6 Å². The second kappa shape index (κ2) is 16.5. The molecule has 3 aliphatic heterocycles. The summed E-state index contributed by atoms with van der Waals surface area (Å²) < 4.78 is 34.7. The zero-order valence-electron chi connectivity index (χ0n) is 29.7. The first kappa shape index (κ1) is 36.1. The molecule has 0 bridgehead atoms. The summed E-state index contributed by atoms with van der Waals surface area (Å²) in [5.74, 6) is 2.69. The maximum Gasteiger partial charge on any atom is 0.323 e. The average Bonchev–Trinajstić information content (AvgIpc) is 3.78. The molecule has 0 spiro atoms. The fourth-order valence-electron chi connectivity index (χ4n) is 6.45. The first-order valence-electron chi connectivity index (χ1n) is 17.6. The zero-order chi connectivity index (χ0) is 35.9. The first-order chi connectivity index (χ1) is 24.7. The fraction of sp³-hybridized carbons (Fsp3) is 0.474. The van der Waals surface area contributed by atoms with Gasteiger partial charge in [0.2, 0.25) is 13.6 Å². The number of rotatable bonds is 8. The van der Waals surface area contributed by atoms with Gasteiger partial charge in [0.05, 0.1) is 30.4 Å². The predicted octanol–water partition coefficient (Wildman–Crippen LogP) is 5.72. The topological polar surface area (TPSA) is 140 Å². The Kier molecular flexibility index (Phi) is 11.7. The minimum Gasteiger partial charge on any atom is -0.490 e. The lowest BCUT2D eigenvalue weighted by atomic mass is 10.0. The van der Waals surface area contributed by atoms with E-state index in [1.165, 1.54) is 0 Å². The smallest absolute Gasteiger partial charge is 0.323 e. The molecule has 4 atom stereocenters. The van der Waals surface area contributed by atoms with Crippen LogP contribution in [0.15, 0.2) is 54.6 Å². The number of aliphatic hydroxyl groups is 1. The Balaban J connectivity index is 1.20. The lowest BCUT2D eigenvalue weighted by Gasteiger charge is -2.36. The Hall–Kier alpha value is -4.72. The maximum atomic E-state index is 14.5. The van der Waals surface area contributed by atoms with Crippen molar-refractivity contribution in [1.29, 1.82) is 0 Å². The van der Waals surface area contributed by atoms with E-state index in [2.05, 4.69) is 29.5 Å². The summed E-state index contributed by atoms with van der Waals surface area (Å²) in [5, 5.41) is 15.9. The molecular weight excluding hydrogens is 656 g/mol. The summed E-state index contributed by atoms with van der Waals surface area (Å²) in [6.45, 7) is 8.25. The molecule has 0 unspecified atom stereocenters. The molecule has 3 aliphatic rings. The third kappa shape index (κ3) is 9.15. The van der Waals surface area contributed by atoms with E-state index in [1.54, 1.807) is 41.3 Å². The molecule has 0 radical (unpaired) electrons. The van der Waals surface area contributed by atoms with E-state index in [-0.39, 0.29) is 44.2 Å². The number of hydrogen-bond acceptors (Lipinski definition) is 10. The highest BCUT2D eigenvalue weighted by molar-refractivity contribution is 6.02. The number of benzene rings is 3. The molecule has 274 valence electrons. The molecule has 3 heterocycles. The number of hydrogen-bond donors (Lipinski definition) is 3. The number of ether oxygens (including phenoxy) is 6. The molecule has 3 amide bonds. The number of urea groups is 1. The molecule has 13 nitrogen and oxygen atoms in total. The maximum absolute atomic E-state index is 14.5. The standard InChI is InChI=1S/C38H48N4O9/c1-24-18-42(25(2)21-43)37(44)30-16-28(39-38(45)40-29-10-13-33-35(17-29)50-23-48-33)9-12-31(30)51-26(3)7-5-6-14-46-36(24)20-41(4)19-27-8-11-32-34(15-27)49-22-47-32/h8-13,15-17,24-26,36,43H,5-7,14,18-23H2,1-4H3,(H2,39,40,45)/t24-,25+,26-,36-/m1/s1. The van der Waals surface area contributed by atoms with Gasteiger partial charge in [0.1, 0.15) is 5.75 Å². The molecule has 0 saturated heterocycles. The average molecular weight is 705 g/mol. The molecule has 0 aliphatic carbocycles. The van der Waals surface area contributed by atoms with Crippen LogP contribution in [-0.4, -0.2) is 92.0 Å². The van der Waals surface area contributed by atoms with Crippen LogP contribution in [0.3, 0.4) is 0 Å². The van der Waals surface area contributed by atoms with Gasteiger partial charge in [-0.25, -0.2) is 4.79 Å². The second-order valence-electron chi connectivity index (χ2n) is 13.5. The van der Waals surface area contributed by atoms with E-state index in [1.807, 2.05) is 32.0 Å². The fourth-order valence-corrected chi connectivity index (χ4v) is 6.45. The van der Waals surface area contributed by atoms with E-state index in [0.717, 1.165) is 36.3 Å². The number of carbonyl (C=O) groups excluding carboxylic acids is 2. The largest absolute Gasteiger partial charge is 0.490 e. The summed E-state index contributed by atoms with van der Waals surface area (Å²) in [6.07, 6.45) is 2.18. The van der Waals surface area contributed by atoms with Crippen molar-refractivity contribution >= 4 is 23.3 Å². The highest BCUT2D eigenvalue weighted by atomic mass is 16.7. The van der Waals surface area contributed by atoms with Crippen LogP contribution in [0.4, 0.5) is 16.2 Å². The van der Waals surface area contributed by atoms with Gasteiger partial charge >= 0.3 is 6.03 Å². The van der Waals surface area contributed by atoms with Gasteiger partial charge in [-0.05, 0) is 88.2 Å². The van der Waals surface area contributed by atoms with Crippen LogP contribution in [0.25, 0.3) is 0 Å². The number of likely N-dealkylation sites (N-methyl/N-ethyl adjacent to an activating group) is 1. The Bertz CT molecular complexity index is 1690. The van der Waals surface area contributed by atoms with Crippen molar-refractivity contribution < 1.29 is 43.1 Å². The zero-order valence-corrected chi connectivity index (χ0v) is 29.7. The number of anilines is 2. The summed E-state index contributed by atoms with van der Waals surface area (Å²) in [5.41, 5.74) is 2.33. The molecule has 3 N–H and O–H groups in total. The molecule has 0 fully saturated rings. The van der Waals surface area contributed by atoms with Gasteiger partial charge in [0, 0.05) is 49.6 Å². The van der Waals surface area contributed by atoms with Crippen LogP contribution >= 0.6 is 0 Å². The SMILES string of the molecule is C[C@@H]1CCCCO[C@H](CN(C)Cc2ccc3c(c2)OCO3)[C@H](C)CN([C@@H](C)CO)C(=O)c2cc(NC(=O)Nc3ccc4c(c3)OCO4)ccc2O1. The number of fused-ring (bicyclic) bond motifs is 3. The molecule has 6 rings (SSSR count). The lowest BCUT2D eigenvalue weighted by molar-refractivity contribution is -0.0177. The monoisotopic (exact) mass is 704 g/mol. The van der Waals surface area contributed by atoms with Gasteiger partial charge in [-0.3, -0.25) is 9.69 Å². The van der Waals surface area contributed by atoms with Crippen LogP contribution in [0.2, 0.25) is 0 Å². The van der Waals surface area contributed by atoms with E-state index in [9.17, 15) is 14.7 Å². The van der Waals surface area contributed by atoms with E-state index < -0.39 is 12.1 Å². The molecule has 13 heteroatoms. The Labute approximate surface area is 298 Å². The van der Waals surface area contributed by atoms with Crippen LogP contribution in [-0.2, 0) is 11.3 Å². The minimum atomic E-state index is -0.490. The molecular formula is C38H48N4O9. The van der Waals surface area contributed by atoms with Crippen LogP contribution in [0, 0.1) is 5.92 Å². The van der Waals surface area contributed by atoms with Gasteiger partial charge in [0.15, 0.2) is 23.0 Å². The van der Waals surface area contributed by atoms with Crippen molar-refractivity contribution in [2.24, 2.45) is 5.92 Å². The molecule has 0 saturated carbocycles. The Morgan fingerprint density at radius 2 is 1.55 bits per heavy atom. The number of aliphatic hydroxyl groups excluding tert-OH is 1. The van der Waals surface area contributed by atoms with Crippen molar-refractivity contribution in [1.82, 2.24) is 9.80 Å². The van der Waals surface area contributed by atoms with Gasteiger partial charge < -0.3 is 49.1 Å². The predicted molar refractivity (Wildman–Crippen MR) is 191 cm³/mol. The van der Waals surface area contributed by atoms with E-state index >= 15 is 0 Å². The van der Waals surface area contributed by atoms with Gasteiger partial charge in [-0.1, -0.05) is 13.0 Å². The van der Waals surface area contributed by atoms with Crippen molar-refractivity contribution in [3.05, 3.63) is 65.7 Å². The van der Waals surface area contributed by atoms with Crippen LogP contribution in [0.5, 0.6) is 28.7 Å². The molecule has 3 aromatic carbocycles. The summed E-state index contributed by atoms with van der Waals surface area (Å²) in [6, 6.07) is 15.2. The number of nitrogens with one attached hydrogen (secondary N) is 2. The minimum absolute atomic E-state index is 0.0813. The van der Waals surface area contributed by atoms with Crippen molar-refractivity contribution in [2.45, 2.75) is 64.8 Å². The summed E-state index contributed by atoms with van der Waals surface area (Å²) in [7, 11) is 2.05. The molecule has 51 heavy (non-hydrogen) atoms. The van der Waals surface area contributed by atoms with Crippen LogP contribution in [0.1, 0.15) is 56.0 Å². The first-order valence-corrected chi connectivity index (χ1v) is 17.6. The Morgan fingerprint density at radius 1 is 0.902 bits per heavy atom. The molecule has 3 aromatic rings. The van der Waals surface area contributed by atoms with E-state index in [0.29, 0.717) is 60.4 Å². The normalized spacial score (nSPS) is 21.0. The summed E-state index contributed by atoms with van der Waals surface area (Å²) in [4.78, 5) is 31.4. The second-order valence-corrected chi connectivity index (χ2v) is 13.5.